The lowest BCUT2D eigenvalue weighted by Crippen LogP contribution is -2.38. The van der Waals surface area contributed by atoms with Crippen molar-refractivity contribution in [3.63, 3.8) is 0 Å². The average Bonchev–Trinajstić information content (AvgIpc) is 3.21. The van der Waals surface area contributed by atoms with E-state index in [1.165, 1.54) is 18.9 Å². The molecule has 1 aromatic carbocycles. The highest BCUT2D eigenvalue weighted by Crippen LogP contribution is 2.17. The van der Waals surface area contributed by atoms with Gasteiger partial charge in [0.2, 0.25) is 0 Å². The van der Waals surface area contributed by atoms with E-state index in [9.17, 15) is 4.39 Å². The van der Waals surface area contributed by atoms with E-state index < -0.39 is 0 Å². The maximum absolute atomic E-state index is 13.2. The SMILES string of the molecule is CCNC(=NCc1ccc(N2CCCC2)nc1)NCCc1cccc(F)c1.I. The molecule has 2 N–H and O–H groups in total. The Kier molecular flexibility index (Phi) is 9.46. The van der Waals surface area contributed by atoms with Crippen molar-refractivity contribution in [2.45, 2.75) is 32.7 Å². The van der Waals surface area contributed by atoms with Gasteiger partial charge in [-0.1, -0.05) is 18.2 Å². The van der Waals surface area contributed by atoms with E-state index in [4.69, 9.17) is 0 Å². The maximum Gasteiger partial charge on any atom is 0.191 e. The molecule has 5 nitrogen and oxygen atoms in total. The minimum absolute atomic E-state index is 0. The lowest BCUT2D eigenvalue weighted by molar-refractivity contribution is 0.625. The van der Waals surface area contributed by atoms with Gasteiger partial charge in [-0.05, 0) is 55.5 Å². The summed E-state index contributed by atoms with van der Waals surface area (Å²) in [7, 11) is 0. The number of pyridine rings is 1. The Morgan fingerprint density at radius 3 is 2.64 bits per heavy atom. The summed E-state index contributed by atoms with van der Waals surface area (Å²) in [6.07, 6.45) is 5.16. The lowest BCUT2D eigenvalue weighted by atomic mass is 10.1. The molecule has 2 aromatic rings. The van der Waals surface area contributed by atoms with Crippen molar-refractivity contribution in [2.75, 3.05) is 31.1 Å². The zero-order valence-electron chi connectivity index (χ0n) is 16.3. The van der Waals surface area contributed by atoms with Gasteiger partial charge in [0.15, 0.2) is 5.96 Å². The summed E-state index contributed by atoms with van der Waals surface area (Å²) in [5, 5.41) is 6.55. The molecule has 3 rings (SSSR count). The number of aromatic nitrogens is 1. The third kappa shape index (κ3) is 6.92. The Labute approximate surface area is 183 Å². The predicted molar refractivity (Wildman–Crippen MR) is 124 cm³/mol. The van der Waals surface area contributed by atoms with E-state index in [1.807, 2.05) is 19.2 Å². The number of rotatable bonds is 7. The summed E-state index contributed by atoms with van der Waals surface area (Å²) < 4.78 is 13.2. The molecule has 1 aliphatic heterocycles. The van der Waals surface area contributed by atoms with Crippen molar-refractivity contribution in [1.29, 1.82) is 0 Å². The molecule has 1 saturated heterocycles. The van der Waals surface area contributed by atoms with Crippen molar-refractivity contribution < 1.29 is 4.39 Å². The molecule has 0 radical (unpaired) electrons. The summed E-state index contributed by atoms with van der Waals surface area (Å²) in [5.74, 6) is 1.62. The fraction of sp³-hybridized carbons (Fsp3) is 0.429. The standard InChI is InChI=1S/C21H28FN5.HI/c1-2-23-21(24-11-10-17-6-5-7-19(22)14-17)26-16-18-8-9-20(25-15-18)27-12-3-4-13-27;/h5-9,14-15H,2-4,10-13,16H2,1H3,(H2,23,24,26);1H. The van der Waals surface area contributed by atoms with Crippen molar-refractivity contribution in [3.8, 4) is 0 Å². The molecule has 1 aromatic heterocycles. The van der Waals surface area contributed by atoms with Gasteiger partial charge in [-0.2, -0.15) is 0 Å². The van der Waals surface area contributed by atoms with Gasteiger partial charge in [0.25, 0.3) is 0 Å². The van der Waals surface area contributed by atoms with Gasteiger partial charge in [-0.25, -0.2) is 14.4 Å². The van der Waals surface area contributed by atoms with Crippen LogP contribution >= 0.6 is 24.0 Å². The Morgan fingerprint density at radius 2 is 1.96 bits per heavy atom. The molecule has 1 aliphatic rings. The predicted octanol–water partition coefficient (Wildman–Crippen LogP) is 3.74. The molecular weight excluding hydrogens is 468 g/mol. The topological polar surface area (TPSA) is 52.6 Å². The van der Waals surface area contributed by atoms with Gasteiger partial charge < -0.3 is 15.5 Å². The smallest absolute Gasteiger partial charge is 0.191 e. The molecule has 7 heteroatoms. The van der Waals surface area contributed by atoms with Crippen molar-refractivity contribution in [2.24, 2.45) is 4.99 Å². The van der Waals surface area contributed by atoms with Gasteiger partial charge >= 0.3 is 0 Å². The highest BCUT2D eigenvalue weighted by Gasteiger charge is 2.12. The van der Waals surface area contributed by atoms with E-state index >= 15 is 0 Å². The first-order chi connectivity index (χ1) is 13.2. The van der Waals surface area contributed by atoms with Crippen LogP contribution in [0.2, 0.25) is 0 Å². The Morgan fingerprint density at radius 1 is 1.14 bits per heavy atom. The number of nitrogens with one attached hydrogen (secondary N) is 2. The molecule has 152 valence electrons. The zero-order valence-corrected chi connectivity index (χ0v) is 18.7. The van der Waals surface area contributed by atoms with Crippen molar-refractivity contribution in [1.82, 2.24) is 15.6 Å². The van der Waals surface area contributed by atoms with Gasteiger partial charge in [0.05, 0.1) is 6.54 Å². The van der Waals surface area contributed by atoms with Crippen LogP contribution in [0.25, 0.3) is 0 Å². The van der Waals surface area contributed by atoms with Crippen LogP contribution < -0.4 is 15.5 Å². The number of aliphatic imine (C=N–C) groups is 1. The van der Waals surface area contributed by atoms with E-state index in [0.29, 0.717) is 13.1 Å². The normalized spacial score (nSPS) is 13.9. The van der Waals surface area contributed by atoms with Crippen LogP contribution in [0.15, 0.2) is 47.6 Å². The number of benzene rings is 1. The third-order valence-electron chi connectivity index (χ3n) is 4.60. The van der Waals surface area contributed by atoms with Gasteiger partial charge in [-0.15, -0.1) is 24.0 Å². The molecule has 28 heavy (non-hydrogen) atoms. The Balaban J connectivity index is 0.00000280. The molecule has 0 amide bonds. The van der Waals surface area contributed by atoms with E-state index in [2.05, 4.69) is 37.6 Å². The van der Waals surface area contributed by atoms with E-state index in [0.717, 1.165) is 49.0 Å². The minimum Gasteiger partial charge on any atom is -0.357 e. The average molecular weight is 497 g/mol. The number of halogens is 2. The van der Waals surface area contributed by atoms with E-state index in [1.54, 1.807) is 12.1 Å². The highest BCUT2D eigenvalue weighted by atomic mass is 127. The first kappa shape index (κ1) is 22.4. The highest BCUT2D eigenvalue weighted by molar-refractivity contribution is 14.0. The quantitative estimate of drug-likeness (QED) is 0.348. The lowest BCUT2D eigenvalue weighted by Gasteiger charge is -2.16. The molecule has 0 bridgehead atoms. The van der Waals surface area contributed by atoms with Crippen molar-refractivity contribution >= 4 is 35.8 Å². The van der Waals surface area contributed by atoms with Crippen LogP contribution in [-0.4, -0.2) is 37.1 Å². The maximum atomic E-state index is 13.2. The summed E-state index contributed by atoms with van der Waals surface area (Å²) in [4.78, 5) is 11.5. The summed E-state index contributed by atoms with van der Waals surface area (Å²) in [6.45, 7) is 6.30. The second kappa shape index (κ2) is 11.8. The first-order valence-electron chi connectivity index (χ1n) is 9.71. The van der Waals surface area contributed by atoms with Crippen molar-refractivity contribution in [3.05, 3.63) is 59.5 Å². The molecule has 0 aliphatic carbocycles. The molecular formula is C21H29FIN5. The molecule has 2 heterocycles. The molecule has 0 saturated carbocycles. The number of anilines is 1. The molecule has 0 spiro atoms. The minimum atomic E-state index is -0.196. The Hall–Kier alpha value is -1.90. The molecule has 0 unspecified atom stereocenters. The van der Waals surface area contributed by atoms with Gasteiger partial charge in [0, 0.05) is 32.4 Å². The number of hydrogen-bond acceptors (Lipinski definition) is 3. The van der Waals surface area contributed by atoms with Crippen LogP contribution in [0.4, 0.5) is 10.2 Å². The van der Waals surface area contributed by atoms with Gasteiger partial charge in [-0.3, -0.25) is 0 Å². The molecule has 1 fully saturated rings. The van der Waals surface area contributed by atoms with Crippen LogP contribution in [0.3, 0.4) is 0 Å². The summed E-state index contributed by atoms with van der Waals surface area (Å²) in [6, 6.07) is 10.9. The third-order valence-corrected chi connectivity index (χ3v) is 4.60. The van der Waals surface area contributed by atoms with Crippen LogP contribution in [0.5, 0.6) is 0 Å². The van der Waals surface area contributed by atoms with Crippen LogP contribution in [-0.2, 0) is 13.0 Å². The second-order valence-electron chi connectivity index (χ2n) is 6.72. The monoisotopic (exact) mass is 497 g/mol. The van der Waals surface area contributed by atoms with E-state index in [-0.39, 0.29) is 29.8 Å². The van der Waals surface area contributed by atoms with Gasteiger partial charge in [0.1, 0.15) is 11.6 Å². The van der Waals surface area contributed by atoms with Crippen LogP contribution in [0, 0.1) is 5.82 Å². The zero-order chi connectivity index (χ0) is 18.9. The summed E-state index contributed by atoms with van der Waals surface area (Å²) >= 11 is 0. The number of hydrogen-bond donors (Lipinski definition) is 2. The molecule has 0 atom stereocenters. The number of guanidine groups is 1. The fourth-order valence-electron chi connectivity index (χ4n) is 3.17. The largest absolute Gasteiger partial charge is 0.357 e. The number of nitrogens with zero attached hydrogens (tertiary/aromatic N) is 3. The second-order valence-corrected chi connectivity index (χ2v) is 6.72. The van der Waals surface area contributed by atoms with Crippen LogP contribution in [0.1, 0.15) is 30.9 Å². The summed E-state index contributed by atoms with van der Waals surface area (Å²) in [5.41, 5.74) is 2.06. The fourth-order valence-corrected chi connectivity index (χ4v) is 3.17. The Bertz CT molecular complexity index is 745. The first-order valence-corrected chi connectivity index (χ1v) is 9.71.